The monoisotopic (exact) mass is 475 g/mol. The lowest BCUT2D eigenvalue weighted by atomic mass is 9.96. The van der Waals surface area contributed by atoms with Gasteiger partial charge in [0, 0.05) is 6.92 Å². The third-order valence-corrected chi connectivity index (χ3v) is 4.75. The van der Waals surface area contributed by atoms with Crippen molar-refractivity contribution in [1.29, 1.82) is 0 Å². The second kappa shape index (κ2) is 9.59. The summed E-state index contributed by atoms with van der Waals surface area (Å²) in [7, 11) is -5.23. The molecule has 8 atom stereocenters. The molecule has 31 heavy (non-hydrogen) atoms. The molecule has 0 aromatic rings. The van der Waals surface area contributed by atoms with E-state index in [-0.39, 0.29) is 0 Å². The Morgan fingerprint density at radius 2 is 1.81 bits per heavy atom. The van der Waals surface area contributed by atoms with Crippen molar-refractivity contribution in [3.63, 3.8) is 0 Å². The van der Waals surface area contributed by atoms with Crippen LogP contribution in [0.1, 0.15) is 6.92 Å². The summed E-state index contributed by atoms with van der Waals surface area (Å²) < 4.78 is 51.1. The number of carbonyl (C=O) groups is 2. The minimum absolute atomic E-state index is 0.789. The molecular formula is C14H21NO15S. The Kier molecular flexibility index (Phi) is 7.79. The largest absolute Gasteiger partial charge is 0.506 e. The molecule has 0 radical (unpaired) electrons. The SMILES string of the molecule is CC(=O)N[C@H]1C(O)O[C@H](CO)[C@H](OS(=O)(=O)O)[C@@H]1O[C@@H]1OC(C(=O)O)=C(O)[C@H](O)[C@H]1O. The number of nitrogens with one attached hydrogen (secondary N) is 1. The van der Waals surface area contributed by atoms with E-state index in [4.69, 9.17) is 23.9 Å². The molecular weight excluding hydrogens is 454 g/mol. The average Bonchev–Trinajstić information content (AvgIpc) is 2.64. The number of aliphatic carboxylic acids is 1. The lowest BCUT2D eigenvalue weighted by molar-refractivity contribution is -0.301. The third kappa shape index (κ3) is 5.79. The van der Waals surface area contributed by atoms with E-state index >= 15 is 0 Å². The van der Waals surface area contributed by atoms with Gasteiger partial charge in [0.2, 0.25) is 18.0 Å². The summed E-state index contributed by atoms with van der Waals surface area (Å²) in [5.74, 6) is -5.09. The first-order valence-electron chi connectivity index (χ1n) is 8.48. The predicted molar refractivity (Wildman–Crippen MR) is 91.0 cm³/mol. The van der Waals surface area contributed by atoms with Crippen LogP contribution in [0.15, 0.2) is 11.5 Å². The summed E-state index contributed by atoms with van der Waals surface area (Å²) in [6.07, 6.45) is -13.9. The summed E-state index contributed by atoms with van der Waals surface area (Å²) in [4.78, 5) is 22.7. The normalized spacial score (nSPS) is 36.6. The van der Waals surface area contributed by atoms with E-state index in [0.29, 0.717) is 0 Å². The van der Waals surface area contributed by atoms with Gasteiger partial charge in [-0.1, -0.05) is 0 Å². The Labute approximate surface area is 174 Å². The summed E-state index contributed by atoms with van der Waals surface area (Å²) >= 11 is 0. The number of aliphatic hydroxyl groups is 5. The van der Waals surface area contributed by atoms with Crippen LogP contribution < -0.4 is 5.32 Å². The predicted octanol–water partition coefficient (Wildman–Crippen LogP) is -4.29. The lowest BCUT2D eigenvalue weighted by Crippen LogP contribution is -2.67. The second-order valence-electron chi connectivity index (χ2n) is 6.50. The van der Waals surface area contributed by atoms with Gasteiger partial charge in [0.25, 0.3) is 0 Å². The van der Waals surface area contributed by atoms with Gasteiger partial charge in [-0.25, -0.2) is 8.98 Å². The fourth-order valence-electron chi connectivity index (χ4n) is 2.99. The van der Waals surface area contributed by atoms with Gasteiger partial charge < -0.3 is 50.2 Å². The minimum atomic E-state index is -5.23. The van der Waals surface area contributed by atoms with E-state index in [1.165, 1.54) is 0 Å². The molecule has 1 saturated heterocycles. The average molecular weight is 475 g/mol. The van der Waals surface area contributed by atoms with Gasteiger partial charge in [0.1, 0.15) is 36.6 Å². The van der Waals surface area contributed by atoms with Crippen molar-refractivity contribution < 1.29 is 71.6 Å². The van der Waals surface area contributed by atoms with E-state index in [0.717, 1.165) is 6.92 Å². The number of carboxylic acids is 1. The number of carbonyl (C=O) groups excluding carboxylic acids is 1. The van der Waals surface area contributed by atoms with E-state index in [1.54, 1.807) is 0 Å². The molecule has 178 valence electrons. The highest BCUT2D eigenvalue weighted by atomic mass is 32.3. The van der Waals surface area contributed by atoms with Crippen LogP contribution in [-0.2, 0) is 38.4 Å². The highest BCUT2D eigenvalue weighted by molar-refractivity contribution is 7.80. The van der Waals surface area contributed by atoms with Crippen molar-refractivity contribution in [2.45, 2.75) is 56.1 Å². The summed E-state index contributed by atoms with van der Waals surface area (Å²) in [5.41, 5.74) is 0. The zero-order valence-corrected chi connectivity index (χ0v) is 16.4. The maximum atomic E-state index is 11.5. The highest BCUT2D eigenvalue weighted by Crippen LogP contribution is 2.31. The standard InChI is InChI=1S/C14H21NO15S/c1-3(17)15-5-10(9(30-31(24,25)26)4(2-16)27-13(5)23)28-14-8(20)6(18)7(19)11(29-14)12(21)22/h4-6,8-10,13-14,16,18-20,23H,2H2,1H3,(H,15,17)(H,21,22)(H,24,25,26)/t4-,5-,6+,8-,9+,10-,13?,14-/m1/s1. The van der Waals surface area contributed by atoms with Crippen LogP contribution in [-0.4, -0.2) is 111 Å². The van der Waals surface area contributed by atoms with Crippen LogP contribution in [0.3, 0.4) is 0 Å². The van der Waals surface area contributed by atoms with E-state index in [2.05, 4.69) is 9.50 Å². The second-order valence-corrected chi connectivity index (χ2v) is 7.55. The Hall–Kier alpha value is -2.09. The van der Waals surface area contributed by atoms with Crippen molar-refractivity contribution in [2.24, 2.45) is 0 Å². The van der Waals surface area contributed by atoms with Crippen LogP contribution in [0.5, 0.6) is 0 Å². The quantitative estimate of drug-likeness (QED) is 0.162. The Balaban J connectivity index is 2.45. The summed E-state index contributed by atoms with van der Waals surface area (Å²) in [6.45, 7) is 0.0151. The smallest absolute Gasteiger partial charge is 0.397 e. The topological polar surface area (TPSA) is 259 Å². The maximum absolute atomic E-state index is 11.5. The van der Waals surface area contributed by atoms with E-state index in [9.17, 15) is 43.5 Å². The van der Waals surface area contributed by atoms with Gasteiger partial charge in [0.15, 0.2) is 12.0 Å². The Morgan fingerprint density at radius 3 is 2.29 bits per heavy atom. The van der Waals surface area contributed by atoms with Crippen molar-refractivity contribution in [3.8, 4) is 0 Å². The van der Waals surface area contributed by atoms with Gasteiger partial charge >= 0.3 is 16.4 Å². The molecule has 1 unspecified atom stereocenters. The van der Waals surface area contributed by atoms with Crippen molar-refractivity contribution in [2.75, 3.05) is 6.61 Å². The molecule has 0 aromatic carbocycles. The van der Waals surface area contributed by atoms with Crippen molar-refractivity contribution in [3.05, 3.63) is 11.5 Å². The molecule has 0 aliphatic carbocycles. The summed E-state index contributed by atoms with van der Waals surface area (Å²) in [5, 5.41) is 60.3. The molecule has 0 aromatic heterocycles. The number of hydrogen-bond donors (Lipinski definition) is 8. The Bertz CT molecular complexity index is 828. The van der Waals surface area contributed by atoms with E-state index < -0.39 is 89.5 Å². The van der Waals surface area contributed by atoms with Crippen LogP contribution in [0.25, 0.3) is 0 Å². The molecule has 1 amide bonds. The van der Waals surface area contributed by atoms with Crippen LogP contribution in [0.2, 0.25) is 0 Å². The molecule has 8 N–H and O–H groups in total. The molecule has 2 rings (SSSR count). The first kappa shape index (κ1) is 25.2. The first-order chi connectivity index (χ1) is 14.3. The third-order valence-electron chi connectivity index (χ3n) is 4.28. The molecule has 0 saturated carbocycles. The minimum Gasteiger partial charge on any atom is -0.506 e. The summed E-state index contributed by atoms with van der Waals surface area (Å²) in [6, 6.07) is -1.66. The van der Waals surface area contributed by atoms with Crippen molar-refractivity contribution >= 4 is 22.3 Å². The van der Waals surface area contributed by atoms with Gasteiger partial charge in [-0.2, -0.15) is 8.42 Å². The zero-order valence-electron chi connectivity index (χ0n) is 15.6. The van der Waals surface area contributed by atoms with Gasteiger partial charge in [-0.05, 0) is 0 Å². The number of amides is 1. The molecule has 17 heteroatoms. The number of aliphatic hydroxyl groups excluding tert-OH is 5. The van der Waals surface area contributed by atoms with Crippen LogP contribution in [0, 0.1) is 0 Å². The highest BCUT2D eigenvalue weighted by Gasteiger charge is 2.52. The van der Waals surface area contributed by atoms with Crippen LogP contribution >= 0.6 is 0 Å². The van der Waals surface area contributed by atoms with Gasteiger partial charge in [-0.3, -0.25) is 9.35 Å². The molecule has 2 heterocycles. The molecule has 0 spiro atoms. The fraction of sp³-hybridized carbons (Fsp3) is 0.714. The number of hydrogen-bond acceptors (Lipinski definition) is 13. The number of carboxylic acid groups (broad SMARTS) is 1. The molecule has 2 aliphatic heterocycles. The van der Waals surface area contributed by atoms with Gasteiger partial charge in [-0.15, -0.1) is 0 Å². The number of rotatable bonds is 7. The fourth-order valence-corrected chi connectivity index (χ4v) is 3.50. The van der Waals surface area contributed by atoms with E-state index in [1.807, 2.05) is 0 Å². The van der Waals surface area contributed by atoms with Gasteiger partial charge in [0.05, 0.1) is 6.61 Å². The molecule has 0 bridgehead atoms. The molecule has 1 fully saturated rings. The zero-order chi connectivity index (χ0) is 23.7. The maximum Gasteiger partial charge on any atom is 0.397 e. The molecule has 2 aliphatic rings. The lowest BCUT2D eigenvalue weighted by Gasteiger charge is -2.45. The van der Waals surface area contributed by atoms with Crippen molar-refractivity contribution in [1.82, 2.24) is 5.32 Å². The Morgan fingerprint density at radius 1 is 1.19 bits per heavy atom. The number of ether oxygens (including phenoxy) is 3. The molecule has 16 nitrogen and oxygen atoms in total. The first-order valence-corrected chi connectivity index (χ1v) is 9.85. The van der Waals surface area contributed by atoms with Crippen LogP contribution in [0.4, 0.5) is 0 Å².